The topological polar surface area (TPSA) is 84.0 Å². The first-order valence-electron chi connectivity index (χ1n) is 6.92. The lowest BCUT2D eigenvalue weighted by atomic mass is 10.1. The molecule has 0 unspecified atom stereocenters. The number of aromatic nitrogens is 4. The number of hydrogen-bond acceptors (Lipinski definition) is 5. The molecule has 0 bridgehead atoms. The van der Waals surface area contributed by atoms with Crippen LogP contribution in [0, 0.1) is 6.92 Å². The fourth-order valence-corrected chi connectivity index (χ4v) is 2.85. The molecule has 3 rings (SSSR count). The van der Waals surface area contributed by atoms with Gasteiger partial charge in [-0.1, -0.05) is 11.6 Å². The Morgan fingerprint density at radius 2 is 2.36 bits per heavy atom. The number of amides is 1. The summed E-state index contributed by atoms with van der Waals surface area (Å²) < 4.78 is 5.41. The van der Waals surface area contributed by atoms with Gasteiger partial charge in [0.25, 0.3) is 5.91 Å². The van der Waals surface area contributed by atoms with Crippen LogP contribution < -0.4 is 0 Å². The molecule has 2 aromatic heterocycles. The molecule has 0 spiro atoms. The summed E-state index contributed by atoms with van der Waals surface area (Å²) in [5, 5.41) is 7.33. The van der Waals surface area contributed by atoms with Crippen molar-refractivity contribution in [2.24, 2.45) is 0 Å². The first-order chi connectivity index (χ1) is 10.6. The SMILES string of the molecule is CO[C@@H]1C[C@@H](c2n[nH]c(C)n2)N(C(=O)c2ccncc2Cl)C1. The van der Waals surface area contributed by atoms with E-state index >= 15 is 0 Å². The summed E-state index contributed by atoms with van der Waals surface area (Å²) in [6.45, 7) is 2.30. The molecule has 7 nitrogen and oxygen atoms in total. The maximum absolute atomic E-state index is 12.8. The minimum Gasteiger partial charge on any atom is -0.380 e. The molecule has 22 heavy (non-hydrogen) atoms. The lowest BCUT2D eigenvalue weighted by Crippen LogP contribution is -2.32. The Balaban J connectivity index is 1.92. The number of carbonyl (C=O) groups is 1. The average Bonchev–Trinajstić information content (AvgIpc) is 3.13. The molecule has 116 valence electrons. The van der Waals surface area contributed by atoms with Gasteiger partial charge in [-0.2, -0.15) is 5.10 Å². The summed E-state index contributed by atoms with van der Waals surface area (Å²) in [6, 6.07) is 1.39. The molecule has 1 amide bonds. The molecule has 2 aromatic rings. The highest BCUT2D eigenvalue weighted by Crippen LogP contribution is 2.33. The fraction of sp³-hybridized carbons (Fsp3) is 0.429. The monoisotopic (exact) mass is 321 g/mol. The Morgan fingerprint density at radius 3 is 3.00 bits per heavy atom. The quantitative estimate of drug-likeness (QED) is 0.931. The van der Waals surface area contributed by atoms with Crippen LogP contribution in [0.5, 0.6) is 0 Å². The second-order valence-electron chi connectivity index (χ2n) is 5.20. The number of methoxy groups -OCH3 is 1. The van der Waals surface area contributed by atoms with E-state index in [0.717, 1.165) is 0 Å². The van der Waals surface area contributed by atoms with Crippen molar-refractivity contribution in [1.82, 2.24) is 25.1 Å². The number of H-pyrrole nitrogens is 1. The van der Waals surface area contributed by atoms with E-state index in [9.17, 15) is 4.79 Å². The predicted octanol–water partition coefficient (Wildman–Crippen LogP) is 1.76. The summed E-state index contributed by atoms with van der Waals surface area (Å²) in [7, 11) is 1.64. The Kier molecular flexibility index (Phi) is 4.08. The molecule has 2 atom stereocenters. The molecule has 8 heteroatoms. The first kappa shape index (κ1) is 14.9. The van der Waals surface area contributed by atoms with Crippen molar-refractivity contribution >= 4 is 17.5 Å². The molecular formula is C14H16ClN5O2. The first-order valence-corrected chi connectivity index (χ1v) is 7.30. The molecule has 0 saturated carbocycles. The normalized spacial score (nSPS) is 21.3. The number of halogens is 1. The highest BCUT2D eigenvalue weighted by molar-refractivity contribution is 6.33. The molecule has 1 N–H and O–H groups in total. The van der Waals surface area contributed by atoms with Crippen LogP contribution in [0.4, 0.5) is 0 Å². The number of aryl methyl sites for hydroxylation is 1. The van der Waals surface area contributed by atoms with Crippen molar-refractivity contribution < 1.29 is 9.53 Å². The molecule has 3 heterocycles. The van der Waals surface area contributed by atoms with Gasteiger partial charge in [0.1, 0.15) is 5.82 Å². The zero-order chi connectivity index (χ0) is 15.7. The maximum atomic E-state index is 12.8. The van der Waals surface area contributed by atoms with Gasteiger partial charge in [-0.05, 0) is 13.0 Å². The van der Waals surface area contributed by atoms with Gasteiger partial charge in [-0.15, -0.1) is 0 Å². The molecule has 1 saturated heterocycles. The third-order valence-electron chi connectivity index (χ3n) is 3.77. The Hall–Kier alpha value is -1.99. The standard InChI is InChI=1S/C14H16ClN5O2/c1-8-17-13(19-18-8)12-5-9(22-2)7-20(12)14(21)10-3-4-16-6-11(10)15/h3-4,6,9,12H,5,7H2,1-2H3,(H,17,18,19)/t9-,12+/m1/s1. The van der Waals surface area contributed by atoms with Crippen molar-refractivity contribution in [1.29, 1.82) is 0 Å². The molecule has 1 aliphatic rings. The Labute approximate surface area is 132 Å². The van der Waals surface area contributed by atoms with Crippen LogP contribution in [0.3, 0.4) is 0 Å². The van der Waals surface area contributed by atoms with E-state index in [2.05, 4.69) is 20.2 Å². The van der Waals surface area contributed by atoms with Crippen LogP contribution in [0.2, 0.25) is 5.02 Å². The Bertz CT molecular complexity index is 689. The number of ether oxygens (including phenoxy) is 1. The van der Waals surface area contributed by atoms with E-state index in [1.165, 1.54) is 6.20 Å². The van der Waals surface area contributed by atoms with E-state index in [1.54, 1.807) is 24.3 Å². The van der Waals surface area contributed by atoms with Gasteiger partial charge in [-0.3, -0.25) is 14.9 Å². The van der Waals surface area contributed by atoms with Crippen LogP contribution in [0.15, 0.2) is 18.5 Å². The zero-order valence-corrected chi connectivity index (χ0v) is 13.0. The van der Waals surface area contributed by atoms with E-state index in [-0.39, 0.29) is 18.1 Å². The maximum Gasteiger partial charge on any atom is 0.256 e. The van der Waals surface area contributed by atoms with Crippen molar-refractivity contribution in [2.45, 2.75) is 25.5 Å². The largest absolute Gasteiger partial charge is 0.380 e. The molecule has 1 fully saturated rings. The van der Waals surface area contributed by atoms with Gasteiger partial charge in [0, 0.05) is 32.5 Å². The number of likely N-dealkylation sites (tertiary alicyclic amines) is 1. The number of pyridine rings is 1. The minimum atomic E-state index is -0.230. The number of nitrogens with zero attached hydrogens (tertiary/aromatic N) is 4. The molecule has 0 aliphatic carbocycles. The number of aromatic amines is 1. The van der Waals surface area contributed by atoms with Crippen molar-refractivity contribution in [3.8, 4) is 0 Å². The van der Waals surface area contributed by atoms with Gasteiger partial charge < -0.3 is 9.64 Å². The highest BCUT2D eigenvalue weighted by Gasteiger charge is 2.39. The van der Waals surface area contributed by atoms with E-state index in [0.29, 0.717) is 35.2 Å². The smallest absolute Gasteiger partial charge is 0.256 e. The predicted molar refractivity (Wildman–Crippen MR) is 79.6 cm³/mol. The van der Waals surface area contributed by atoms with Crippen LogP contribution in [-0.4, -0.2) is 50.7 Å². The van der Waals surface area contributed by atoms with Gasteiger partial charge in [0.15, 0.2) is 5.82 Å². The van der Waals surface area contributed by atoms with Gasteiger partial charge in [0.05, 0.1) is 22.7 Å². The third-order valence-corrected chi connectivity index (χ3v) is 4.07. The average molecular weight is 322 g/mol. The number of rotatable bonds is 3. The van der Waals surface area contributed by atoms with Gasteiger partial charge in [-0.25, -0.2) is 4.98 Å². The molecule has 0 aromatic carbocycles. The van der Waals surface area contributed by atoms with Crippen molar-refractivity contribution in [2.75, 3.05) is 13.7 Å². The second-order valence-corrected chi connectivity index (χ2v) is 5.61. The number of carbonyl (C=O) groups excluding carboxylic acids is 1. The van der Waals surface area contributed by atoms with Crippen LogP contribution in [0.1, 0.15) is 34.5 Å². The summed E-state index contributed by atoms with van der Waals surface area (Å²) in [5.74, 6) is 1.14. The lowest BCUT2D eigenvalue weighted by molar-refractivity contribution is 0.0684. The number of hydrogen-bond donors (Lipinski definition) is 1. The van der Waals surface area contributed by atoms with Crippen LogP contribution in [-0.2, 0) is 4.74 Å². The van der Waals surface area contributed by atoms with Crippen molar-refractivity contribution in [3.05, 3.63) is 40.7 Å². The fourth-order valence-electron chi connectivity index (χ4n) is 2.65. The van der Waals surface area contributed by atoms with E-state index in [4.69, 9.17) is 16.3 Å². The van der Waals surface area contributed by atoms with Crippen LogP contribution >= 0.6 is 11.6 Å². The molecule has 0 radical (unpaired) electrons. The molecular weight excluding hydrogens is 306 g/mol. The van der Waals surface area contributed by atoms with Gasteiger partial charge in [0.2, 0.25) is 0 Å². The minimum absolute atomic E-state index is 0.0478. The summed E-state index contributed by atoms with van der Waals surface area (Å²) in [4.78, 5) is 22.8. The number of nitrogens with one attached hydrogen (secondary N) is 1. The summed E-state index contributed by atoms with van der Waals surface area (Å²) in [5.41, 5.74) is 0.422. The van der Waals surface area contributed by atoms with E-state index < -0.39 is 0 Å². The summed E-state index contributed by atoms with van der Waals surface area (Å²) in [6.07, 6.45) is 3.62. The second kappa shape index (κ2) is 6.02. The van der Waals surface area contributed by atoms with Crippen molar-refractivity contribution in [3.63, 3.8) is 0 Å². The van der Waals surface area contributed by atoms with Crippen LogP contribution in [0.25, 0.3) is 0 Å². The molecule has 1 aliphatic heterocycles. The Morgan fingerprint density at radius 1 is 1.55 bits per heavy atom. The van der Waals surface area contributed by atoms with Gasteiger partial charge >= 0.3 is 0 Å². The lowest BCUT2D eigenvalue weighted by Gasteiger charge is -2.22. The van der Waals surface area contributed by atoms with E-state index in [1.807, 2.05) is 6.92 Å². The summed E-state index contributed by atoms with van der Waals surface area (Å²) >= 11 is 6.09. The third kappa shape index (κ3) is 2.69. The highest BCUT2D eigenvalue weighted by atomic mass is 35.5. The zero-order valence-electron chi connectivity index (χ0n) is 12.3.